The van der Waals surface area contributed by atoms with Crippen LogP contribution in [0.2, 0.25) is 0 Å². The molecule has 0 bridgehead atoms. The van der Waals surface area contributed by atoms with Crippen LogP contribution in [0.1, 0.15) is 35.1 Å². The highest BCUT2D eigenvalue weighted by molar-refractivity contribution is 5.69. The molecule has 122 valence electrons. The van der Waals surface area contributed by atoms with Crippen LogP contribution < -0.4 is 5.32 Å². The normalized spacial score (nSPS) is 24.1. The zero-order chi connectivity index (χ0) is 16.8. The Balaban J connectivity index is 1.83. The summed E-state index contributed by atoms with van der Waals surface area (Å²) in [6, 6.07) is 10.3. The van der Waals surface area contributed by atoms with E-state index in [0.717, 1.165) is 28.8 Å². The number of hydrogen-bond donors (Lipinski definition) is 2. The number of allylic oxidation sites excluding steroid dienone is 2. The topological polar surface area (TPSA) is 75.4 Å². The number of fused-ring (bicyclic) bond motifs is 3. The first-order valence-electron chi connectivity index (χ1n) is 8.06. The first-order chi connectivity index (χ1) is 11.6. The Bertz CT molecular complexity index is 860. The summed E-state index contributed by atoms with van der Waals surface area (Å²) in [5.41, 5.74) is 4.01. The molecule has 2 aromatic rings. The van der Waals surface area contributed by atoms with Gasteiger partial charge in [0.05, 0.1) is 16.7 Å². The minimum atomic E-state index is -0.369. The van der Waals surface area contributed by atoms with E-state index in [2.05, 4.69) is 24.4 Å². The van der Waals surface area contributed by atoms with Gasteiger partial charge >= 0.3 is 0 Å². The number of nitro benzene ring substituents is 1. The Labute approximate surface area is 139 Å². The molecule has 0 saturated heterocycles. The van der Waals surface area contributed by atoms with E-state index in [9.17, 15) is 15.2 Å². The van der Waals surface area contributed by atoms with Crippen molar-refractivity contribution in [1.82, 2.24) is 0 Å². The maximum absolute atomic E-state index is 11.1. The average molecular weight is 322 g/mol. The van der Waals surface area contributed by atoms with Crippen molar-refractivity contribution in [2.24, 2.45) is 5.92 Å². The van der Waals surface area contributed by atoms with Crippen molar-refractivity contribution < 1.29 is 10.0 Å². The van der Waals surface area contributed by atoms with Crippen molar-refractivity contribution in [2.75, 3.05) is 5.32 Å². The van der Waals surface area contributed by atoms with Gasteiger partial charge in [0.2, 0.25) is 0 Å². The molecular formula is C19H18N2O3. The highest BCUT2D eigenvalue weighted by atomic mass is 16.6. The van der Waals surface area contributed by atoms with Crippen LogP contribution in [0.3, 0.4) is 0 Å². The Morgan fingerprint density at radius 1 is 1.29 bits per heavy atom. The van der Waals surface area contributed by atoms with E-state index >= 15 is 0 Å². The fraction of sp³-hybridized carbons (Fsp3) is 0.263. The molecule has 5 nitrogen and oxygen atoms in total. The second-order valence-electron chi connectivity index (χ2n) is 6.52. The highest BCUT2D eigenvalue weighted by Gasteiger charge is 2.39. The van der Waals surface area contributed by atoms with Gasteiger partial charge in [-0.05, 0) is 42.0 Å². The van der Waals surface area contributed by atoms with Crippen LogP contribution in [0.25, 0.3) is 0 Å². The summed E-state index contributed by atoms with van der Waals surface area (Å²) in [7, 11) is 0. The molecule has 0 amide bonds. The standard InChI is InChI=1S/C19H18N2O3/c1-11-8-9-16(22)19-17(11)14-6-3-7-15(14)18(20-19)12-4-2-5-13(10-12)21(23)24/h2-6,8-10,14-15,18,20,22H,7H2,1H3. The molecule has 1 heterocycles. The van der Waals surface area contributed by atoms with Crippen LogP contribution in [-0.4, -0.2) is 10.0 Å². The third kappa shape index (κ3) is 2.16. The van der Waals surface area contributed by atoms with Crippen LogP contribution in [0.5, 0.6) is 5.75 Å². The summed E-state index contributed by atoms with van der Waals surface area (Å²) in [6.07, 6.45) is 5.28. The Morgan fingerprint density at radius 2 is 2.12 bits per heavy atom. The lowest BCUT2D eigenvalue weighted by Crippen LogP contribution is -2.29. The summed E-state index contributed by atoms with van der Waals surface area (Å²) in [6.45, 7) is 2.05. The van der Waals surface area contributed by atoms with E-state index in [4.69, 9.17) is 0 Å². The van der Waals surface area contributed by atoms with E-state index in [-0.39, 0.29) is 28.3 Å². The van der Waals surface area contributed by atoms with Crippen LogP contribution in [0.4, 0.5) is 11.4 Å². The molecule has 1 aliphatic carbocycles. The van der Waals surface area contributed by atoms with Crippen molar-refractivity contribution in [3.05, 3.63) is 75.4 Å². The SMILES string of the molecule is Cc1ccc(O)c2c1C1C=CCC1C(c1cccc([N+](=O)[O-])c1)N2. The van der Waals surface area contributed by atoms with Crippen LogP contribution >= 0.6 is 0 Å². The van der Waals surface area contributed by atoms with Gasteiger partial charge in [0.15, 0.2) is 0 Å². The maximum atomic E-state index is 11.1. The second kappa shape index (κ2) is 5.37. The average Bonchev–Trinajstić information content (AvgIpc) is 3.06. The summed E-state index contributed by atoms with van der Waals surface area (Å²) >= 11 is 0. The predicted molar refractivity (Wildman–Crippen MR) is 92.3 cm³/mol. The van der Waals surface area contributed by atoms with Crippen molar-refractivity contribution in [3.8, 4) is 5.75 Å². The molecule has 0 saturated carbocycles. The minimum Gasteiger partial charge on any atom is -0.506 e. The zero-order valence-electron chi connectivity index (χ0n) is 13.3. The second-order valence-corrected chi connectivity index (χ2v) is 6.52. The molecule has 0 spiro atoms. The van der Waals surface area contributed by atoms with E-state index in [1.807, 2.05) is 12.1 Å². The summed E-state index contributed by atoms with van der Waals surface area (Å²) in [4.78, 5) is 10.7. The molecule has 4 rings (SSSR count). The number of nitro groups is 1. The van der Waals surface area contributed by atoms with Gasteiger partial charge in [0.25, 0.3) is 5.69 Å². The van der Waals surface area contributed by atoms with Crippen LogP contribution in [0, 0.1) is 23.0 Å². The number of anilines is 1. The third-order valence-corrected chi connectivity index (χ3v) is 5.16. The first kappa shape index (κ1) is 14.8. The molecule has 3 unspecified atom stereocenters. The number of non-ortho nitro benzene ring substituents is 1. The molecule has 2 aliphatic rings. The summed E-state index contributed by atoms with van der Waals surface area (Å²) < 4.78 is 0. The Kier molecular flexibility index (Phi) is 3.30. The number of phenolic OH excluding ortho intramolecular Hbond substituents is 1. The van der Waals surface area contributed by atoms with E-state index < -0.39 is 0 Å². The molecular weight excluding hydrogens is 304 g/mol. The number of hydrogen-bond acceptors (Lipinski definition) is 4. The number of phenols is 1. The third-order valence-electron chi connectivity index (χ3n) is 5.16. The highest BCUT2D eigenvalue weighted by Crippen LogP contribution is 2.53. The van der Waals surface area contributed by atoms with Crippen LogP contribution in [-0.2, 0) is 0 Å². The van der Waals surface area contributed by atoms with Gasteiger partial charge in [0.1, 0.15) is 5.75 Å². The lowest BCUT2D eigenvalue weighted by atomic mass is 9.75. The quantitative estimate of drug-likeness (QED) is 0.371. The smallest absolute Gasteiger partial charge is 0.269 e. The number of rotatable bonds is 2. The fourth-order valence-corrected chi connectivity index (χ4v) is 4.04. The molecule has 2 aromatic carbocycles. The van der Waals surface area contributed by atoms with Gasteiger partial charge in [-0.3, -0.25) is 10.1 Å². The van der Waals surface area contributed by atoms with Gasteiger partial charge in [-0.2, -0.15) is 0 Å². The number of aryl methyl sites for hydroxylation is 1. The van der Waals surface area contributed by atoms with Gasteiger partial charge in [0, 0.05) is 18.1 Å². The zero-order valence-corrected chi connectivity index (χ0v) is 13.3. The Morgan fingerprint density at radius 3 is 2.92 bits per heavy atom. The van der Waals surface area contributed by atoms with E-state index in [0.29, 0.717) is 5.92 Å². The number of aromatic hydroxyl groups is 1. The monoisotopic (exact) mass is 322 g/mol. The number of nitrogens with zero attached hydrogens (tertiary/aromatic N) is 1. The number of benzene rings is 2. The van der Waals surface area contributed by atoms with E-state index in [1.54, 1.807) is 18.2 Å². The molecule has 2 N–H and O–H groups in total. The molecule has 24 heavy (non-hydrogen) atoms. The molecule has 1 aliphatic heterocycles. The fourth-order valence-electron chi connectivity index (χ4n) is 4.04. The molecule has 0 aromatic heterocycles. The predicted octanol–water partition coefficient (Wildman–Crippen LogP) is 4.44. The maximum Gasteiger partial charge on any atom is 0.269 e. The minimum absolute atomic E-state index is 0.0647. The molecule has 0 fully saturated rings. The van der Waals surface area contributed by atoms with Crippen molar-refractivity contribution >= 4 is 11.4 Å². The lowest BCUT2D eigenvalue weighted by molar-refractivity contribution is -0.384. The van der Waals surface area contributed by atoms with Gasteiger partial charge in [-0.25, -0.2) is 0 Å². The van der Waals surface area contributed by atoms with Crippen LogP contribution in [0.15, 0.2) is 48.6 Å². The Hall–Kier alpha value is -2.82. The number of nitrogens with one attached hydrogen (secondary N) is 1. The van der Waals surface area contributed by atoms with Gasteiger partial charge < -0.3 is 10.4 Å². The van der Waals surface area contributed by atoms with Gasteiger partial charge in [-0.15, -0.1) is 0 Å². The van der Waals surface area contributed by atoms with E-state index in [1.165, 1.54) is 6.07 Å². The summed E-state index contributed by atoms with van der Waals surface area (Å²) in [5.74, 6) is 0.738. The largest absolute Gasteiger partial charge is 0.506 e. The van der Waals surface area contributed by atoms with Crippen molar-refractivity contribution in [1.29, 1.82) is 0 Å². The molecule has 3 atom stereocenters. The first-order valence-corrected chi connectivity index (χ1v) is 8.06. The van der Waals surface area contributed by atoms with Crippen molar-refractivity contribution in [3.63, 3.8) is 0 Å². The summed E-state index contributed by atoms with van der Waals surface area (Å²) in [5, 5.41) is 24.9. The van der Waals surface area contributed by atoms with Crippen molar-refractivity contribution in [2.45, 2.75) is 25.3 Å². The molecule has 0 radical (unpaired) electrons. The molecule has 5 heteroatoms. The lowest BCUT2D eigenvalue weighted by Gasteiger charge is -2.38. The van der Waals surface area contributed by atoms with Gasteiger partial charge in [-0.1, -0.05) is 30.4 Å².